The van der Waals surface area contributed by atoms with E-state index in [2.05, 4.69) is 0 Å². The van der Waals surface area contributed by atoms with Crippen molar-refractivity contribution in [2.45, 2.75) is 12.8 Å². The van der Waals surface area contributed by atoms with Crippen LogP contribution in [0.1, 0.15) is 12.8 Å². The molecular formula is C14H20ClN2O3+. The number of halogens is 1. The summed E-state index contributed by atoms with van der Waals surface area (Å²) in [6.07, 6.45) is 3.01. The second kappa shape index (κ2) is 5.84. The van der Waals surface area contributed by atoms with Gasteiger partial charge >= 0.3 is 0 Å². The van der Waals surface area contributed by atoms with Crippen LogP contribution in [0, 0.1) is 11.8 Å². The molecule has 0 unspecified atom stereocenters. The lowest BCUT2D eigenvalue weighted by molar-refractivity contribution is -0.907. The highest BCUT2D eigenvalue weighted by Crippen LogP contribution is 2.38. The van der Waals surface area contributed by atoms with Crippen LogP contribution in [0.4, 0.5) is 0 Å². The molecule has 0 radical (unpaired) electrons. The maximum absolute atomic E-state index is 12.4. The third-order valence-electron chi connectivity index (χ3n) is 4.55. The van der Waals surface area contributed by atoms with Gasteiger partial charge in [0.15, 0.2) is 0 Å². The van der Waals surface area contributed by atoms with Gasteiger partial charge in [0.25, 0.3) is 0 Å². The standard InChI is InChI=1S/C14H19ClN2O3/c15-10-1-2-11-12(9-10)14(19)17(13(11)18)4-3-16-5-7-20-8-6-16/h1,11-12H,2-9H2/p+1/t11-,12-/m0/s1. The second-order valence-electron chi connectivity index (χ2n) is 5.74. The zero-order valence-corrected chi connectivity index (χ0v) is 12.2. The number of hydrogen-bond donors (Lipinski definition) is 1. The first-order valence-electron chi connectivity index (χ1n) is 7.28. The van der Waals surface area contributed by atoms with Crippen molar-refractivity contribution in [3.05, 3.63) is 11.1 Å². The highest BCUT2D eigenvalue weighted by molar-refractivity contribution is 6.30. The van der Waals surface area contributed by atoms with E-state index in [9.17, 15) is 9.59 Å². The van der Waals surface area contributed by atoms with E-state index in [4.69, 9.17) is 16.3 Å². The predicted octanol–water partition coefficient (Wildman–Crippen LogP) is -0.581. The molecule has 1 N–H and O–H groups in total. The molecule has 2 atom stereocenters. The fraction of sp³-hybridized carbons (Fsp3) is 0.714. The van der Waals surface area contributed by atoms with Crippen molar-refractivity contribution in [1.29, 1.82) is 0 Å². The van der Waals surface area contributed by atoms with Gasteiger partial charge in [-0.2, -0.15) is 0 Å². The van der Waals surface area contributed by atoms with Gasteiger partial charge in [0.05, 0.1) is 38.1 Å². The van der Waals surface area contributed by atoms with Crippen LogP contribution in [0.25, 0.3) is 0 Å². The van der Waals surface area contributed by atoms with Crippen LogP contribution < -0.4 is 4.90 Å². The number of imide groups is 1. The number of likely N-dealkylation sites (tertiary alicyclic amines) is 1. The van der Waals surface area contributed by atoms with Crippen LogP contribution in [-0.2, 0) is 14.3 Å². The fourth-order valence-corrected chi connectivity index (χ4v) is 3.55. The Balaban J connectivity index is 1.60. The molecule has 3 aliphatic rings. The molecule has 2 saturated heterocycles. The normalized spacial score (nSPS) is 31.4. The van der Waals surface area contributed by atoms with Gasteiger partial charge < -0.3 is 9.64 Å². The highest BCUT2D eigenvalue weighted by atomic mass is 35.5. The molecule has 2 aliphatic heterocycles. The Kier molecular flexibility index (Phi) is 4.10. The Labute approximate surface area is 123 Å². The molecule has 6 heteroatoms. The number of allylic oxidation sites excluding steroid dienone is 2. The largest absolute Gasteiger partial charge is 0.370 e. The van der Waals surface area contributed by atoms with Crippen molar-refractivity contribution in [1.82, 2.24) is 4.90 Å². The average molecular weight is 300 g/mol. The Morgan fingerprint density at radius 3 is 2.70 bits per heavy atom. The van der Waals surface area contributed by atoms with Crippen LogP contribution in [0.5, 0.6) is 0 Å². The number of hydrogen-bond acceptors (Lipinski definition) is 3. The van der Waals surface area contributed by atoms with Crippen molar-refractivity contribution in [2.75, 3.05) is 39.4 Å². The van der Waals surface area contributed by atoms with Crippen LogP contribution >= 0.6 is 11.6 Å². The number of carbonyl (C=O) groups excluding carboxylic acids is 2. The number of nitrogens with one attached hydrogen (secondary N) is 1. The molecule has 5 nitrogen and oxygen atoms in total. The highest BCUT2D eigenvalue weighted by Gasteiger charge is 2.48. The molecule has 0 aromatic rings. The third-order valence-corrected chi connectivity index (χ3v) is 4.86. The molecule has 0 aromatic carbocycles. The molecule has 2 fully saturated rings. The van der Waals surface area contributed by atoms with E-state index in [-0.39, 0.29) is 23.7 Å². The number of quaternary nitrogens is 1. The maximum Gasteiger partial charge on any atom is 0.233 e. The monoisotopic (exact) mass is 299 g/mol. The Hall–Kier alpha value is -0.910. The third kappa shape index (κ3) is 2.62. The van der Waals surface area contributed by atoms with Gasteiger partial charge in [-0.25, -0.2) is 0 Å². The molecule has 1 aliphatic carbocycles. The van der Waals surface area contributed by atoms with E-state index in [0.29, 0.717) is 24.4 Å². The number of nitrogens with zero attached hydrogens (tertiary/aromatic N) is 1. The SMILES string of the molecule is O=C1[C@H]2CC=C(Cl)C[C@@H]2C(=O)N1CC[NH+]1CCOCC1. The number of morpholine rings is 1. The first-order chi connectivity index (χ1) is 9.66. The molecule has 0 saturated carbocycles. The molecule has 20 heavy (non-hydrogen) atoms. The number of rotatable bonds is 3. The Morgan fingerprint density at radius 2 is 1.95 bits per heavy atom. The first-order valence-corrected chi connectivity index (χ1v) is 7.65. The van der Waals surface area contributed by atoms with Gasteiger partial charge in [0.1, 0.15) is 13.1 Å². The lowest BCUT2D eigenvalue weighted by atomic mass is 9.85. The number of amides is 2. The zero-order valence-electron chi connectivity index (χ0n) is 11.4. The van der Waals surface area contributed by atoms with Crippen molar-refractivity contribution < 1.29 is 19.2 Å². The quantitative estimate of drug-likeness (QED) is 0.710. The van der Waals surface area contributed by atoms with E-state index in [0.717, 1.165) is 32.8 Å². The van der Waals surface area contributed by atoms with E-state index >= 15 is 0 Å². The fourth-order valence-electron chi connectivity index (χ4n) is 3.30. The Bertz CT molecular complexity index is 446. The average Bonchev–Trinajstić information content (AvgIpc) is 2.70. The van der Waals surface area contributed by atoms with Crippen molar-refractivity contribution in [3.63, 3.8) is 0 Å². The van der Waals surface area contributed by atoms with Crippen LogP contribution in [0.3, 0.4) is 0 Å². The van der Waals surface area contributed by atoms with Gasteiger partial charge in [-0.3, -0.25) is 14.5 Å². The molecule has 2 amide bonds. The van der Waals surface area contributed by atoms with E-state index in [1.165, 1.54) is 9.80 Å². The van der Waals surface area contributed by atoms with Crippen molar-refractivity contribution in [3.8, 4) is 0 Å². The van der Waals surface area contributed by atoms with Crippen LogP contribution in [0.2, 0.25) is 0 Å². The first kappa shape index (κ1) is 14.0. The number of fused-ring (bicyclic) bond motifs is 1. The van der Waals surface area contributed by atoms with E-state index < -0.39 is 0 Å². The molecule has 110 valence electrons. The minimum Gasteiger partial charge on any atom is -0.370 e. The summed E-state index contributed by atoms with van der Waals surface area (Å²) in [6.45, 7) is 4.79. The molecule has 0 bridgehead atoms. The summed E-state index contributed by atoms with van der Waals surface area (Å²) in [5, 5.41) is 0.716. The molecular weight excluding hydrogens is 280 g/mol. The van der Waals surface area contributed by atoms with Crippen LogP contribution in [0.15, 0.2) is 11.1 Å². The Morgan fingerprint density at radius 1 is 1.25 bits per heavy atom. The molecule has 0 spiro atoms. The lowest BCUT2D eigenvalue weighted by Gasteiger charge is -2.25. The summed E-state index contributed by atoms with van der Waals surface area (Å²) in [6, 6.07) is 0. The second-order valence-corrected chi connectivity index (χ2v) is 6.23. The predicted molar refractivity (Wildman–Crippen MR) is 73.3 cm³/mol. The summed E-state index contributed by atoms with van der Waals surface area (Å²) < 4.78 is 5.31. The van der Waals surface area contributed by atoms with Gasteiger partial charge in [-0.1, -0.05) is 17.7 Å². The van der Waals surface area contributed by atoms with E-state index in [1.54, 1.807) is 0 Å². The van der Waals surface area contributed by atoms with Crippen molar-refractivity contribution in [2.24, 2.45) is 11.8 Å². The van der Waals surface area contributed by atoms with Crippen LogP contribution in [-0.4, -0.2) is 56.1 Å². The van der Waals surface area contributed by atoms with Gasteiger partial charge in [-0.05, 0) is 12.8 Å². The summed E-state index contributed by atoms with van der Waals surface area (Å²) >= 11 is 6.00. The number of ether oxygens (including phenoxy) is 1. The molecule has 0 aromatic heterocycles. The van der Waals surface area contributed by atoms with Crippen molar-refractivity contribution >= 4 is 23.4 Å². The minimum atomic E-state index is -0.223. The summed E-state index contributed by atoms with van der Waals surface area (Å²) in [4.78, 5) is 27.5. The van der Waals surface area contributed by atoms with E-state index in [1.807, 2.05) is 6.08 Å². The maximum atomic E-state index is 12.4. The molecule has 2 heterocycles. The molecule has 3 rings (SSSR count). The van der Waals surface area contributed by atoms with Gasteiger partial charge in [0.2, 0.25) is 11.8 Å². The summed E-state index contributed by atoms with van der Waals surface area (Å²) in [5.41, 5.74) is 0. The summed E-state index contributed by atoms with van der Waals surface area (Å²) in [7, 11) is 0. The minimum absolute atomic E-state index is 0.00641. The summed E-state index contributed by atoms with van der Waals surface area (Å²) in [5.74, 6) is -0.434. The smallest absolute Gasteiger partial charge is 0.233 e. The van der Waals surface area contributed by atoms with Gasteiger partial charge in [-0.15, -0.1) is 0 Å². The van der Waals surface area contributed by atoms with Gasteiger partial charge in [0, 0.05) is 5.03 Å². The zero-order chi connectivity index (χ0) is 14.1. The lowest BCUT2D eigenvalue weighted by Crippen LogP contribution is -3.14. The number of carbonyl (C=O) groups is 2. The topological polar surface area (TPSA) is 51.0 Å².